The zero-order valence-corrected chi connectivity index (χ0v) is 11.7. The van der Waals surface area contributed by atoms with Crippen LogP contribution in [0.4, 0.5) is 0 Å². The van der Waals surface area contributed by atoms with Gasteiger partial charge >= 0.3 is 0 Å². The molecule has 20 heavy (non-hydrogen) atoms. The maximum Gasteiger partial charge on any atom is 0.224 e. The summed E-state index contributed by atoms with van der Waals surface area (Å²) in [5.41, 5.74) is 0.0536. The van der Waals surface area contributed by atoms with Crippen molar-refractivity contribution in [3.8, 4) is 0 Å². The van der Waals surface area contributed by atoms with Gasteiger partial charge in [0.25, 0.3) is 0 Å². The maximum atomic E-state index is 12.2. The van der Waals surface area contributed by atoms with E-state index in [9.17, 15) is 9.59 Å². The number of carbonyl (C=O) groups excluding carboxylic acids is 2. The fourth-order valence-corrected chi connectivity index (χ4v) is 3.21. The Morgan fingerprint density at radius 2 is 2.40 bits per heavy atom. The molecule has 2 fully saturated rings. The van der Waals surface area contributed by atoms with Crippen LogP contribution >= 0.6 is 0 Å². The van der Waals surface area contributed by atoms with Gasteiger partial charge in [0, 0.05) is 30.8 Å². The van der Waals surface area contributed by atoms with E-state index in [0.717, 1.165) is 31.7 Å². The lowest BCUT2D eigenvalue weighted by molar-refractivity contribution is -0.130. The number of amides is 2. The molecule has 0 bridgehead atoms. The quantitative estimate of drug-likeness (QED) is 0.907. The van der Waals surface area contributed by atoms with E-state index in [1.807, 2.05) is 24.0 Å². The Morgan fingerprint density at radius 1 is 1.55 bits per heavy atom. The van der Waals surface area contributed by atoms with Crippen molar-refractivity contribution in [3.63, 3.8) is 0 Å². The van der Waals surface area contributed by atoms with Gasteiger partial charge in [-0.1, -0.05) is 6.92 Å². The number of rotatable bonds is 4. The van der Waals surface area contributed by atoms with E-state index in [1.54, 1.807) is 6.26 Å². The average Bonchev–Trinajstić information content (AvgIpc) is 2.85. The van der Waals surface area contributed by atoms with Crippen LogP contribution in [-0.2, 0) is 16.1 Å². The molecule has 2 heterocycles. The standard InChI is InChI=1S/C15H20N2O3/c1-2-13(18)17-6-5-15(10-17)8-12(15)14(19)16-9-11-4-3-7-20-11/h3-4,7,12H,2,5-6,8-10H2,1H3,(H,16,19). The van der Waals surface area contributed by atoms with Gasteiger partial charge in [-0.05, 0) is 25.0 Å². The summed E-state index contributed by atoms with van der Waals surface area (Å²) >= 11 is 0. The first kappa shape index (κ1) is 13.2. The highest BCUT2D eigenvalue weighted by molar-refractivity contribution is 5.83. The lowest BCUT2D eigenvalue weighted by Gasteiger charge is -2.15. The molecule has 108 valence electrons. The van der Waals surface area contributed by atoms with Crippen LogP contribution < -0.4 is 5.32 Å². The van der Waals surface area contributed by atoms with E-state index in [-0.39, 0.29) is 23.1 Å². The Hall–Kier alpha value is -1.78. The first-order valence-electron chi connectivity index (χ1n) is 7.22. The van der Waals surface area contributed by atoms with Crippen molar-refractivity contribution in [1.82, 2.24) is 10.2 Å². The van der Waals surface area contributed by atoms with E-state index in [4.69, 9.17) is 4.42 Å². The van der Waals surface area contributed by atoms with Crippen LogP contribution in [0.3, 0.4) is 0 Å². The van der Waals surface area contributed by atoms with Crippen LogP contribution in [0.15, 0.2) is 22.8 Å². The Labute approximate surface area is 118 Å². The van der Waals surface area contributed by atoms with Crippen LogP contribution in [-0.4, -0.2) is 29.8 Å². The van der Waals surface area contributed by atoms with Crippen molar-refractivity contribution in [2.75, 3.05) is 13.1 Å². The third-order valence-electron chi connectivity index (χ3n) is 4.56. The third kappa shape index (κ3) is 2.32. The van der Waals surface area contributed by atoms with E-state index < -0.39 is 0 Å². The van der Waals surface area contributed by atoms with Crippen molar-refractivity contribution >= 4 is 11.8 Å². The van der Waals surface area contributed by atoms with Gasteiger partial charge in [-0.2, -0.15) is 0 Å². The van der Waals surface area contributed by atoms with E-state index in [0.29, 0.717) is 13.0 Å². The minimum absolute atomic E-state index is 0.0536. The minimum atomic E-state index is 0.0536. The van der Waals surface area contributed by atoms with E-state index >= 15 is 0 Å². The number of hydrogen-bond donors (Lipinski definition) is 1. The van der Waals surface area contributed by atoms with Gasteiger partial charge in [-0.3, -0.25) is 9.59 Å². The van der Waals surface area contributed by atoms with Gasteiger partial charge in [-0.15, -0.1) is 0 Å². The van der Waals surface area contributed by atoms with Gasteiger partial charge in [0.1, 0.15) is 5.76 Å². The second-order valence-corrected chi connectivity index (χ2v) is 5.84. The van der Waals surface area contributed by atoms with Gasteiger partial charge in [-0.25, -0.2) is 0 Å². The van der Waals surface area contributed by atoms with Crippen LogP contribution in [0.25, 0.3) is 0 Å². The molecule has 1 saturated carbocycles. The lowest BCUT2D eigenvalue weighted by atomic mass is 10.0. The zero-order valence-electron chi connectivity index (χ0n) is 11.7. The van der Waals surface area contributed by atoms with Crippen LogP contribution in [0.2, 0.25) is 0 Å². The number of carbonyl (C=O) groups is 2. The molecule has 5 nitrogen and oxygen atoms in total. The molecular weight excluding hydrogens is 256 g/mol. The summed E-state index contributed by atoms with van der Waals surface area (Å²) < 4.78 is 5.20. The summed E-state index contributed by atoms with van der Waals surface area (Å²) in [6.07, 6.45) is 4.01. The molecule has 0 radical (unpaired) electrons. The molecule has 1 saturated heterocycles. The molecular formula is C15H20N2O3. The van der Waals surface area contributed by atoms with E-state index in [2.05, 4.69) is 5.32 Å². The van der Waals surface area contributed by atoms with Crippen molar-refractivity contribution in [2.45, 2.75) is 32.7 Å². The smallest absolute Gasteiger partial charge is 0.224 e. The predicted molar refractivity (Wildman–Crippen MR) is 72.6 cm³/mol. The molecule has 1 aliphatic heterocycles. The Kier molecular flexibility index (Phi) is 3.28. The highest BCUT2D eigenvalue weighted by Crippen LogP contribution is 2.58. The van der Waals surface area contributed by atoms with Crippen molar-refractivity contribution in [1.29, 1.82) is 0 Å². The molecule has 2 atom stereocenters. The molecule has 2 aliphatic rings. The van der Waals surface area contributed by atoms with Crippen LogP contribution in [0.1, 0.15) is 31.9 Å². The predicted octanol–water partition coefficient (Wildman–Crippen LogP) is 1.54. The molecule has 2 unspecified atom stereocenters. The van der Waals surface area contributed by atoms with Crippen molar-refractivity contribution in [2.24, 2.45) is 11.3 Å². The summed E-state index contributed by atoms with van der Waals surface area (Å²) in [7, 11) is 0. The lowest BCUT2D eigenvalue weighted by Crippen LogP contribution is -2.30. The fourth-order valence-electron chi connectivity index (χ4n) is 3.21. The highest BCUT2D eigenvalue weighted by Gasteiger charge is 2.61. The molecule has 1 aliphatic carbocycles. The molecule has 1 aromatic heterocycles. The first-order valence-corrected chi connectivity index (χ1v) is 7.22. The Bertz CT molecular complexity index is 511. The van der Waals surface area contributed by atoms with Gasteiger partial charge in [0.05, 0.1) is 12.8 Å². The first-order chi connectivity index (χ1) is 9.64. The summed E-state index contributed by atoms with van der Waals surface area (Å²) in [6, 6.07) is 3.66. The molecule has 1 spiro atoms. The number of furan rings is 1. The average molecular weight is 276 g/mol. The molecule has 1 aromatic rings. The molecule has 0 aromatic carbocycles. The topological polar surface area (TPSA) is 62.6 Å². The summed E-state index contributed by atoms with van der Waals surface area (Å²) in [4.78, 5) is 25.8. The SMILES string of the molecule is CCC(=O)N1CCC2(CC2C(=O)NCc2ccco2)C1. The second kappa shape index (κ2) is 4.96. The van der Waals surface area contributed by atoms with Gasteiger partial charge in [0.15, 0.2) is 0 Å². The van der Waals surface area contributed by atoms with Gasteiger partial charge in [0.2, 0.25) is 11.8 Å². The van der Waals surface area contributed by atoms with E-state index in [1.165, 1.54) is 0 Å². The van der Waals surface area contributed by atoms with Crippen LogP contribution in [0, 0.1) is 11.3 Å². The third-order valence-corrected chi connectivity index (χ3v) is 4.56. The minimum Gasteiger partial charge on any atom is -0.467 e. The Morgan fingerprint density at radius 3 is 3.10 bits per heavy atom. The molecule has 1 N–H and O–H groups in total. The van der Waals surface area contributed by atoms with Gasteiger partial charge < -0.3 is 14.6 Å². The maximum absolute atomic E-state index is 12.2. The van der Waals surface area contributed by atoms with Crippen LogP contribution in [0.5, 0.6) is 0 Å². The summed E-state index contributed by atoms with van der Waals surface area (Å²) in [5.74, 6) is 1.12. The molecule has 5 heteroatoms. The summed E-state index contributed by atoms with van der Waals surface area (Å²) in [6.45, 7) is 3.87. The normalized spacial score (nSPS) is 27.9. The zero-order chi connectivity index (χ0) is 14.2. The largest absolute Gasteiger partial charge is 0.467 e. The monoisotopic (exact) mass is 276 g/mol. The van der Waals surface area contributed by atoms with Crippen molar-refractivity contribution in [3.05, 3.63) is 24.2 Å². The highest BCUT2D eigenvalue weighted by atomic mass is 16.3. The van der Waals surface area contributed by atoms with Crippen molar-refractivity contribution < 1.29 is 14.0 Å². The number of hydrogen-bond acceptors (Lipinski definition) is 3. The summed E-state index contributed by atoms with van der Waals surface area (Å²) in [5, 5.41) is 2.92. The Balaban J connectivity index is 1.51. The molecule has 2 amide bonds. The fraction of sp³-hybridized carbons (Fsp3) is 0.600. The number of likely N-dealkylation sites (tertiary alicyclic amines) is 1. The number of nitrogens with one attached hydrogen (secondary N) is 1. The number of nitrogens with zero attached hydrogens (tertiary/aromatic N) is 1. The second-order valence-electron chi connectivity index (χ2n) is 5.84. The molecule has 3 rings (SSSR count).